The van der Waals surface area contributed by atoms with E-state index in [1.807, 2.05) is 12.1 Å². The van der Waals surface area contributed by atoms with Gasteiger partial charge in [0.25, 0.3) is 0 Å². The van der Waals surface area contributed by atoms with Crippen molar-refractivity contribution >= 4 is 5.97 Å². The molecule has 0 bridgehead atoms. The minimum absolute atomic E-state index is 0.337. The summed E-state index contributed by atoms with van der Waals surface area (Å²) in [6.07, 6.45) is 0. The minimum Gasteiger partial charge on any atom is -0.478 e. The van der Waals surface area contributed by atoms with E-state index in [0.29, 0.717) is 17.4 Å². The normalized spacial score (nSPS) is 12.7. The van der Waals surface area contributed by atoms with Crippen molar-refractivity contribution in [2.45, 2.75) is 27.3 Å². The molecule has 0 aromatic heterocycles. The van der Waals surface area contributed by atoms with Gasteiger partial charge in [-0.05, 0) is 36.1 Å². The Morgan fingerprint density at radius 1 is 1.24 bits per heavy atom. The first kappa shape index (κ1) is 13.7. The zero-order valence-electron chi connectivity index (χ0n) is 10.7. The molecule has 0 fully saturated rings. The zero-order valence-corrected chi connectivity index (χ0v) is 10.7. The summed E-state index contributed by atoms with van der Waals surface area (Å²) in [7, 11) is 0. The lowest BCUT2D eigenvalue weighted by Gasteiger charge is -2.16. The first-order valence-corrected chi connectivity index (χ1v) is 6.03. The van der Waals surface area contributed by atoms with Gasteiger partial charge in [0, 0.05) is 6.54 Å². The van der Waals surface area contributed by atoms with Gasteiger partial charge in [0.15, 0.2) is 0 Å². The van der Waals surface area contributed by atoms with Crippen LogP contribution in [0.3, 0.4) is 0 Å². The van der Waals surface area contributed by atoms with Gasteiger partial charge in [-0.1, -0.05) is 32.9 Å². The van der Waals surface area contributed by atoms with Crippen molar-refractivity contribution in [1.82, 2.24) is 5.32 Å². The SMILES string of the molecule is CC(C)C(C)CNCc1ccc(C(=O)O)cc1. The van der Waals surface area contributed by atoms with Crippen LogP contribution in [0.2, 0.25) is 0 Å². The molecule has 3 heteroatoms. The van der Waals surface area contributed by atoms with E-state index >= 15 is 0 Å². The Morgan fingerprint density at radius 3 is 2.29 bits per heavy atom. The Labute approximate surface area is 103 Å². The minimum atomic E-state index is -0.877. The highest BCUT2D eigenvalue weighted by atomic mass is 16.4. The second-order valence-corrected chi connectivity index (χ2v) is 4.85. The summed E-state index contributed by atoms with van der Waals surface area (Å²) < 4.78 is 0. The summed E-state index contributed by atoms with van der Waals surface area (Å²) in [5, 5.41) is 12.2. The van der Waals surface area contributed by atoms with Crippen LogP contribution >= 0.6 is 0 Å². The van der Waals surface area contributed by atoms with Crippen molar-refractivity contribution in [3.05, 3.63) is 35.4 Å². The Bertz CT molecular complexity index is 357. The molecule has 1 aromatic carbocycles. The molecular weight excluding hydrogens is 214 g/mol. The van der Waals surface area contributed by atoms with Crippen molar-refractivity contribution in [1.29, 1.82) is 0 Å². The number of carbonyl (C=O) groups is 1. The van der Waals surface area contributed by atoms with E-state index in [0.717, 1.165) is 18.7 Å². The Balaban J connectivity index is 2.40. The molecular formula is C14H21NO2. The maximum Gasteiger partial charge on any atom is 0.335 e. The monoisotopic (exact) mass is 235 g/mol. The summed E-state index contributed by atoms with van der Waals surface area (Å²) in [6, 6.07) is 7.00. The van der Waals surface area contributed by atoms with E-state index in [4.69, 9.17) is 5.11 Å². The predicted molar refractivity (Wildman–Crippen MR) is 69.1 cm³/mol. The van der Waals surface area contributed by atoms with Gasteiger partial charge in [-0.25, -0.2) is 4.79 Å². The van der Waals surface area contributed by atoms with Crippen LogP contribution in [-0.2, 0) is 6.54 Å². The molecule has 0 radical (unpaired) electrons. The van der Waals surface area contributed by atoms with E-state index in [9.17, 15) is 4.79 Å². The van der Waals surface area contributed by atoms with Gasteiger partial charge in [0.1, 0.15) is 0 Å². The van der Waals surface area contributed by atoms with Gasteiger partial charge in [0.05, 0.1) is 5.56 Å². The fourth-order valence-electron chi connectivity index (χ4n) is 1.45. The van der Waals surface area contributed by atoms with Gasteiger partial charge in [0.2, 0.25) is 0 Å². The van der Waals surface area contributed by atoms with Crippen LogP contribution < -0.4 is 5.32 Å². The third-order valence-corrected chi connectivity index (χ3v) is 3.13. The molecule has 2 N–H and O–H groups in total. The highest BCUT2D eigenvalue weighted by molar-refractivity contribution is 5.87. The molecule has 0 aliphatic carbocycles. The van der Waals surface area contributed by atoms with E-state index in [1.165, 1.54) is 0 Å². The summed E-state index contributed by atoms with van der Waals surface area (Å²) in [5.74, 6) is 0.447. The number of rotatable bonds is 6. The van der Waals surface area contributed by atoms with Gasteiger partial charge in [-0.2, -0.15) is 0 Å². The van der Waals surface area contributed by atoms with E-state index in [2.05, 4.69) is 26.1 Å². The summed E-state index contributed by atoms with van der Waals surface area (Å²) in [4.78, 5) is 10.7. The topological polar surface area (TPSA) is 49.3 Å². The Hall–Kier alpha value is -1.35. The second-order valence-electron chi connectivity index (χ2n) is 4.85. The maximum absolute atomic E-state index is 10.7. The lowest BCUT2D eigenvalue weighted by Crippen LogP contribution is -2.23. The van der Waals surface area contributed by atoms with E-state index < -0.39 is 5.97 Å². The highest BCUT2D eigenvalue weighted by Gasteiger charge is 2.06. The molecule has 0 heterocycles. The molecule has 1 unspecified atom stereocenters. The molecule has 17 heavy (non-hydrogen) atoms. The van der Waals surface area contributed by atoms with Crippen LogP contribution in [0.25, 0.3) is 0 Å². The molecule has 0 spiro atoms. The molecule has 1 atom stereocenters. The third-order valence-electron chi connectivity index (χ3n) is 3.13. The largest absolute Gasteiger partial charge is 0.478 e. The van der Waals surface area contributed by atoms with Gasteiger partial charge < -0.3 is 10.4 Å². The maximum atomic E-state index is 10.7. The highest BCUT2D eigenvalue weighted by Crippen LogP contribution is 2.08. The number of carboxylic acids is 1. The van der Waals surface area contributed by atoms with Gasteiger partial charge in [-0.15, -0.1) is 0 Å². The Morgan fingerprint density at radius 2 is 1.82 bits per heavy atom. The van der Waals surface area contributed by atoms with Crippen molar-refractivity contribution in [2.75, 3.05) is 6.54 Å². The summed E-state index contributed by atoms with van der Waals surface area (Å²) in [5.41, 5.74) is 1.45. The average Bonchev–Trinajstić information content (AvgIpc) is 2.29. The van der Waals surface area contributed by atoms with Crippen molar-refractivity contribution in [3.8, 4) is 0 Å². The third kappa shape index (κ3) is 4.57. The standard InChI is InChI=1S/C14H21NO2/c1-10(2)11(3)8-15-9-12-4-6-13(7-5-12)14(16)17/h4-7,10-11,15H,8-9H2,1-3H3,(H,16,17). The molecule has 3 nitrogen and oxygen atoms in total. The summed E-state index contributed by atoms with van der Waals surface area (Å²) >= 11 is 0. The van der Waals surface area contributed by atoms with E-state index in [-0.39, 0.29) is 0 Å². The molecule has 94 valence electrons. The molecule has 1 aromatic rings. The Kier molecular flexibility index (Phi) is 5.16. The van der Waals surface area contributed by atoms with Crippen LogP contribution in [0.5, 0.6) is 0 Å². The number of aromatic carboxylic acids is 1. The van der Waals surface area contributed by atoms with Crippen LogP contribution in [-0.4, -0.2) is 17.6 Å². The molecule has 1 rings (SSSR count). The fourth-order valence-corrected chi connectivity index (χ4v) is 1.45. The van der Waals surface area contributed by atoms with Crippen LogP contribution in [0.1, 0.15) is 36.7 Å². The molecule has 0 saturated heterocycles. The molecule has 0 saturated carbocycles. The number of nitrogens with one attached hydrogen (secondary N) is 1. The number of carboxylic acid groups (broad SMARTS) is 1. The number of hydrogen-bond donors (Lipinski definition) is 2. The van der Waals surface area contributed by atoms with Crippen molar-refractivity contribution in [3.63, 3.8) is 0 Å². The fraction of sp³-hybridized carbons (Fsp3) is 0.500. The lowest BCUT2D eigenvalue weighted by molar-refractivity contribution is 0.0697. The van der Waals surface area contributed by atoms with E-state index in [1.54, 1.807) is 12.1 Å². The molecule has 0 aliphatic heterocycles. The zero-order chi connectivity index (χ0) is 12.8. The van der Waals surface area contributed by atoms with Crippen molar-refractivity contribution < 1.29 is 9.90 Å². The first-order valence-electron chi connectivity index (χ1n) is 6.03. The predicted octanol–water partition coefficient (Wildman–Crippen LogP) is 2.77. The number of hydrogen-bond acceptors (Lipinski definition) is 2. The van der Waals surface area contributed by atoms with Crippen LogP contribution in [0, 0.1) is 11.8 Å². The second kappa shape index (κ2) is 6.40. The smallest absolute Gasteiger partial charge is 0.335 e. The lowest BCUT2D eigenvalue weighted by atomic mass is 9.98. The molecule has 0 amide bonds. The first-order chi connectivity index (χ1) is 8.00. The van der Waals surface area contributed by atoms with Crippen molar-refractivity contribution in [2.24, 2.45) is 11.8 Å². The van der Waals surface area contributed by atoms with Gasteiger partial charge in [-0.3, -0.25) is 0 Å². The molecule has 0 aliphatic rings. The van der Waals surface area contributed by atoms with Crippen LogP contribution in [0.15, 0.2) is 24.3 Å². The summed E-state index contributed by atoms with van der Waals surface area (Å²) in [6.45, 7) is 8.43. The average molecular weight is 235 g/mol. The van der Waals surface area contributed by atoms with Gasteiger partial charge >= 0.3 is 5.97 Å². The number of benzene rings is 1. The van der Waals surface area contributed by atoms with Crippen LogP contribution in [0.4, 0.5) is 0 Å². The quantitative estimate of drug-likeness (QED) is 0.797.